The monoisotopic (exact) mass is 327 g/mol. The lowest BCUT2D eigenvalue weighted by Gasteiger charge is -2.18. The van der Waals surface area contributed by atoms with Crippen molar-refractivity contribution in [2.24, 2.45) is 5.14 Å². The first kappa shape index (κ1) is 18.0. The molecule has 0 unspecified atom stereocenters. The predicted molar refractivity (Wildman–Crippen MR) is 86.4 cm³/mol. The summed E-state index contributed by atoms with van der Waals surface area (Å²) in [6.45, 7) is 2.88. The lowest BCUT2D eigenvalue weighted by molar-refractivity contribution is 0.518. The summed E-state index contributed by atoms with van der Waals surface area (Å²) in [5.41, 5.74) is 0.925. The van der Waals surface area contributed by atoms with E-state index in [0.717, 1.165) is 30.7 Å². The SMILES string of the molecule is CC[C@@H](NCCCSCC#N)c1cccc(S(N)(=O)=O)c1. The average molecular weight is 327 g/mol. The molecule has 0 spiro atoms. The smallest absolute Gasteiger partial charge is 0.238 e. The maximum Gasteiger partial charge on any atom is 0.238 e. The molecule has 0 amide bonds. The topological polar surface area (TPSA) is 96.0 Å². The van der Waals surface area contributed by atoms with Gasteiger partial charge in [0.05, 0.1) is 16.7 Å². The molecule has 21 heavy (non-hydrogen) atoms. The van der Waals surface area contributed by atoms with E-state index in [2.05, 4.69) is 11.4 Å². The van der Waals surface area contributed by atoms with Crippen LogP contribution in [0.2, 0.25) is 0 Å². The minimum Gasteiger partial charge on any atom is -0.310 e. The van der Waals surface area contributed by atoms with Crippen molar-refractivity contribution in [2.45, 2.75) is 30.7 Å². The number of nitrogens with two attached hydrogens (primary N) is 1. The van der Waals surface area contributed by atoms with Crippen LogP contribution in [0.1, 0.15) is 31.4 Å². The number of nitriles is 1. The minimum absolute atomic E-state index is 0.104. The summed E-state index contributed by atoms with van der Waals surface area (Å²) in [4.78, 5) is 0.143. The van der Waals surface area contributed by atoms with Gasteiger partial charge in [-0.15, -0.1) is 11.8 Å². The Morgan fingerprint density at radius 2 is 2.24 bits per heavy atom. The van der Waals surface area contributed by atoms with Gasteiger partial charge in [-0.25, -0.2) is 13.6 Å². The molecule has 1 aromatic carbocycles. The molecule has 0 heterocycles. The van der Waals surface area contributed by atoms with Gasteiger partial charge in [0.15, 0.2) is 0 Å². The summed E-state index contributed by atoms with van der Waals surface area (Å²) in [5.74, 6) is 1.46. The van der Waals surface area contributed by atoms with Gasteiger partial charge in [0.2, 0.25) is 10.0 Å². The second-order valence-corrected chi connectivity index (χ2v) is 7.26. The molecule has 1 aromatic rings. The molecule has 0 fully saturated rings. The highest BCUT2D eigenvalue weighted by atomic mass is 32.2. The van der Waals surface area contributed by atoms with E-state index in [1.807, 2.05) is 13.0 Å². The number of thioether (sulfide) groups is 1. The Bertz CT molecular complexity index is 582. The highest BCUT2D eigenvalue weighted by Crippen LogP contribution is 2.19. The van der Waals surface area contributed by atoms with Gasteiger partial charge in [0.1, 0.15) is 0 Å². The molecule has 1 atom stereocenters. The van der Waals surface area contributed by atoms with Crippen LogP contribution in [-0.2, 0) is 10.0 Å². The zero-order valence-corrected chi connectivity index (χ0v) is 13.7. The first-order valence-electron chi connectivity index (χ1n) is 6.80. The molecule has 7 heteroatoms. The van der Waals surface area contributed by atoms with E-state index in [0.29, 0.717) is 5.75 Å². The van der Waals surface area contributed by atoms with Crippen LogP contribution in [0, 0.1) is 11.3 Å². The summed E-state index contributed by atoms with van der Waals surface area (Å²) in [7, 11) is -3.66. The van der Waals surface area contributed by atoms with Gasteiger partial charge in [0, 0.05) is 6.04 Å². The van der Waals surface area contributed by atoms with Crippen LogP contribution in [0.25, 0.3) is 0 Å². The third-order valence-corrected chi connectivity index (χ3v) is 4.84. The van der Waals surface area contributed by atoms with Crippen molar-refractivity contribution in [2.75, 3.05) is 18.1 Å². The number of nitrogens with zero attached hydrogens (tertiary/aromatic N) is 1. The van der Waals surface area contributed by atoms with Crippen molar-refractivity contribution in [3.8, 4) is 6.07 Å². The van der Waals surface area contributed by atoms with Gasteiger partial charge in [-0.2, -0.15) is 5.26 Å². The molecule has 0 aliphatic carbocycles. The second kappa shape index (κ2) is 9.05. The van der Waals surface area contributed by atoms with Crippen LogP contribution < -0.4 is 10.5 Å². The molecule has 1 rings (SSSR count). The fraction of sp³-hybridized carbons (Fsp3) is 0.500. The summed E-state index contributed by atoms with van der Waals surface area (Å²) >= 11 is 1.62. The molecule has 0 saturated carbocycles. The van der Waals surface area contributed by atoms with Crippen molar-refractivity contribution in [1.82, 2.24) is 5.32 Å². The van der Waals surface area contributed by atoms with Crippen molar-refractivity contribution < 1.29 is 8.42 Å². The fourth-order valence-corrected chi connectivity index (χ4v) is 3.13. The molecular weight excluding hydrogens is 306 g/mol. The number of rotatable bonds is 9. The normalized spacial score (nSPS) is 12.8. The molecule has 0 radical (unpaired) electrons. The van der Waals surface area contributed by atoms with Crippen LogP contribution in [0.3, 0.4) is 0 Å². The molecular formula is C14H21N3O2S2. The van der Waals surface area contributed by atoms with Gasteiger partial charge in [-0.1, -0.05) is 19.1 Å². The fourth-order valence-electron chi connectivity index (χ4n) is 1.97. The lowest BCUT2D eigenvalue weighted by atomic mass is 10.0. The average Bonchev–Trinajstić information content (AvgIpc) is 2.46. The van der Waals surface area contributed by atoms with Crippen LogP contribution in [0.4, 0.5) is 0 Å². The second-order valence-electron chi connectivity index (χ2n) is 4.60. The summed E-state index contributed by atoms with van der Waals surface area (Å²) in [5, 5.41) is 17.0. The van der Waals surface area contributed by atoms with Gasteiger partial charge in [0.25, 0.3) is 0 Å². The van der Waals surface area contributed by atoms with Gasteiger partial charge in [-0.05, 0) is 42.8 Å². The number of primary sulfonamides is 1. The van der Waals surface area contributed by atoms with E-state index >= 15 is 0 Å². The number of hydrogen-bond donors (Lipinski definition) is 2. The Hall–Kier alpha value is -1.07. The summed E-state index contributed by atoms with van der Waals surface area (Å²) < 4.78 is 22.8. The first-order chi connectivity index (χ1) is 9.99. The minimum atomic E-state index is -3.66. The molecule has 0 aliphatic rings. The largest absolute Gasteiger partial charge is 0.310 e. The zero-order chi connectivity index (χ0) is 15.7. The van der Waals surface area contributed by atoms with Crippen LogP contribution >= 0.6 is 11.8 Å². The third kappa shape index (κ3) is 6.48. The Balaban J connectivity index is 2.58. The van der Waals surface area contributed by atoms with Crippen molar-refractivity contribution >= 4 is 21.8 Å². The zero-order valence-electron chi connectivity index (χ0n) is 12.1. The highest BCUT2D eigenvalue weighted by Gasteiger charge is 2.13. The summed E-state index contributed by atoms with van der Waals surface area (Å²) in [6.07, 6.45) is 1.83. The van der Waals surface area contributed by atoms with E-state index in [4.69, 9.17) is 10.4 Å². The quantitative estimate of drug-likeness (QED) is 0.676. The van der Waals surface area contributed by atoms with Crippen LogP contribution in [-0.4, -0.2) is 26.5 Å². The van der Waals surface area contributed by atoms with Crippen molar-refractivity contribution in [1.29, 1.82) is 5.26 Å². The maximum absolute atomic E-state index is 11.4. The van der Waals surface area contributed by atoms with Crippen molar-refractivity contribution in [3.05, 3.63) is 29.8 Å². The molecule has 0 bridgehead atoms. The number of benzene rings is 1. The Kier molecular flexibility index (Phi) is 7.75. The van der Waals surface area contributed by atoms with Gasteiger partial charge in [-0.3, -0.25) is 0 Å². The molecule has 0 saturated heterocycles. The first-order valence-corrected chi connectivity index (χ1v) is 9.50. The lowest BCUT2D eigenvalue weighted by Crippen LogP contribution is -2.23. The number of nitrogens with one attached hydrogen (secondary N) is 1. The van der Waals surface area contributed by atoms with E-state index in [1.54, 1.807) is 23.9 Å². The Morgan fingerprint density at radius 3 is 2.86 bits per heavy atom. The molecule has 0 aromatic heterocycles. The van der Waals surface area contributed by atoms with E-state index in [9.17, 15) is 8.42 Å². The predicted octanol–water partition coefficient (Wildman–Crippen LogP) is 2.02. The third-order valence-electron chi connectivity index (χ3n) is 3.02. The molecule has 116 valence electrons. The van der Waals surface area contributed by atoms with E-state index in [1.165, 1.54) is 6.07 Å². The highest BCUT2D eigenvalue weighted by molar-refractivity contribution is 7.99. The summed E-state index contributed by atoms with van der Waals surface area (Å²) in [6, 6.07) is 8.95. The van der Waals surface area contributed by atoms with Crippen LogP contribution in [0.15, 0.2) is 29.2 Å². The van der Waals surface area contributed by atoms with Gasteiger partial charge >= 0.3 is 0 Å². The number of hydrogen-bond acceptors (Lipinski definition) is 5. The maximum atomic E-state index is 11.4. The Labute approximate surface area is 131 Å². The molecule has 0 aliphatic heterocycles. The van der Waals surface area contributed by atoms with E-state index in [-0.39, 0.29) is 10.9 Å². The Morgan fingerprint density at radius 1 is 1.48 bits per heavy atom. The van der Waals surface area contributed by atoms with E-state index < -0.39 is 10.0 Å². The molecule has 3 N–H and O–H groups in total. The standard InChI is InChI=1S/C14H21N3O2S2/c1-2-14(17-8-4-9-20-10-7-15)12-5-3-6-13(11-12)21(16,18)19/h3,5-6,11,14,17H,2,4,8-10H2,1H3,(H2,16,18,19)/t14-/m1/s1. The molecule has 5 nitrogen and oxygen atoms in total. The van der Waals surface area contributed by atoms with Gasteiger partial charge < -0.3 is 5.32 Å². The number of sulfonamides is 1. The van der Waals surface area contributed by atoms with Crippen LogP contribution in [0.5, 0.6) is 0 Å². The van der Waals surface area contributed by atoms with Crippen molar-refractivity contribution in [3.63, 3.8) is 0 Å².